The van der Waals surface area contributed by atoms with E-state index in [2.05, 4.69) is 0 Å². The van der Waals surface area contributed by atoms with E-state index in [9.17, 15) is 14.7 Å². The Morgan fingerprint density at radius 2 is 2.24 bits per heavy atom. The van der Waals surface area contributed by atoms with Crippen LogP contribution in [0.5, 0.6) is 5.75 Å². The van der Waals surface area contributed by atoms with Crippen LogP contribution in [0.4, 0.5) is 5.69 Å². The van der Waals surface area contributed by atoms with Gasteiger partial charge in [-0.05, 0) is 18.1 Å². The van der Waals surface area contributed by atoms with Crippen LogP contribution in [0, 0.1) is 5.92 Å². The van der Waals surface area contributed by atoms with Crippen LogP contribution in [0.2, 0.25) is 0 Å². The van der Waals surface area contributed by atoms with Crippen molar-refractivity contribution >= 4 is 17.6 Å². The van der Waals surface area contributed by atoms with E-state index < -0.39 is 17.3 Å². The third kappa shape index (κ3) is 0.988. The van der Waals surface area contributed by atoms with Crippen LogP contribution in [-0.2, 0) is 15.0 Å². The fraction of sp³-hybridized carbons (Fsp3) is 0.333. The Hall–Kier alpha value is -2.04. The van der Waals surface area contributed by atoms with Crippen LogP contribution in [0.15, 0.2) is 18.2 Å². The number of carbonyl (C=O) groups is 2. The molecule has 0 saturated heterocycles. The Morgan fingerprint density at radius 1 is 1.53 bits per heavy atom. The van der Waals surface area contributed by atoms with Crippen molar-refractivity contribution in [2.45, 2.75) is 11.8 Å². The first-order chi connectivity index (χ1) is 8.00. The zero-order valence-corrected chi connectivity index (χ0v) is 9.17. The highest BCUT2D eigenvalue weighted by molar-refractivity contribution is 6.14. The van der Waals surface area contributed by atoms with Crippen molar-refractivity contribution in [1.29, 1.82) is 0 Å². The molecule has 1 heterocycles. The zero-order chi connectivity index (χ0) is 12.4. The molecule has 2 N–H and O–H groups in total. The Bertz CT molecular complexity index is 553. The minimum atomic E-state index is -0.956. The number of aromatic hydroxyl groups is 1. The largest absolute Gasteiger partial charge is 0.506 e. The van der Waals surface area contributed by atoms with Crippen LogP contribution >= 0.6 is 0 Å². The van der Waals surface area contributed by atoms with Crippen LogP contribution in [0.1, 0.15) is 12.0 Å². The van der Waals surface area contributed by atoms with Crippen molar-refractivity contribution in [3.05, 3.63) is 23.8 Å². The molecule has 2 aliphatic rings. The number of carbonyl (C=O) groups excluding carboxylic acids is 1. The van der Waals surface area contributed by atoms with Gasteiger partial charge in [-0.1, -0.05) is 12.1 Å². The molecule has 1 fully saturated rings. The molecule has 0 radical (unpaired) electrons. The number of phenolic OH excluding ortho intramolecular Hbond substituents is 1. The Labute approximate surface area is 97.3 Å². The predicted molar refractivity (Wildman–Crippen MR) is 58.9 cm³/mol. The molecule has 2 atom stereocenters. The quantitative estimate of drug-likeness (QED) is 0.748. The number of fused-ring (bicyclic) bond motifs is 2. The third-order valence-electron chi connectivity index (χ3n) is 3.78. The van der Waals surface area contributed by atoms with Gasteiger partial charge in [0.15, 0.2) is 0 Å². The van der Waals surface area contributed by atoms with Crippen LogP contribution < -0.4 is 4.90 Å². The topological polar surface area (TPSA) is 77.8 Å². The van der Waals surface area contributed by atoms with Gasteiger partial charge in [-0.25, -0.2) is 0 Å². The molecule has 3 rings (SSSR count). The molecule has 1 aliphatic heterocycles. The molecule has 1 aromatic carbocycles. The first-order valence-electron chi connectivity index (χ1n) is 5.33. The highest BCUT2D eigenvalue weighted by atomic mass is 16.4. The van der Waals surface area contributed by atoms with Gasteiger partial charge >= 0.3 is 5.97 Å². The van der Waals surface area contributed by atoms with Gasteiger partial charge in [0.05, 0.1) is 17.0 Å². The van der Waals surface area contributed by atoms with Crippen molar-refractivity contribution in [2.24, 2.45) is 5.92 Å². The smallest absolute Gasteiger partial charge is 0.307 e. The zero-order valence-electron chi connectivity index (χ0n) is 9.17. The minimum absolute atomic E-state index is 0.0197. The molecule has 5 heteroatoms. The van der Waals surface area contributed by atoms with Crippen molar-refractivity contribution < 1.29 is 19.8 Å². The van der Waals surface area contributed by atoms with E-state index in [1.807, 2.05) is 0 Å². The van der Waals surface area contributed by atoms with Gasteiger partial charge in [0, 0.05) is 7.05 Å². The number of aliphatic carboxylic acids is 1. The summed E-state index contributed by atoms with van der Waals surface area (Å²) in [6.45, 7) is 0. The Kier molecular flexibility index (Phi) is 1.67. The minimum Gasteiger partial charge on any atom is -0.506 e. The summed E-state index contributed by atoms with van der Waals surface area (Å²) in [6.07, 6.45) is 0.321. The third-order valence-corrected chi connectivity index (χ3v) is 3.78. The van der Waals surface area contributed by atoms with Crippen molar-refractivity contribution in [2.75, 3.05) is 11.9 Å². The highest BCUT2D eigenvalue weighted by Crippen LogP contribution is 2.62. The van der Waals surface area contributed by atoms with E-state index in [0.717, 1.165) is 0 Å². The lowest BCUT2D eigenvalue weighted by Crippen LogP contribution is -2.30. The molecule has 0 aromatic heterocycles. The second kappa shape index (κ2) is 2.80. The number of nitrogens with zero attached hydrogens (tertiary/aromatic N) is 1. The van der Waals surface area contributed by atoms with Gasteiger partial charge in [0.25, 0.3) is 0 Å². The number of hydrogen-bond acceptors (Lipinski definition) is 3. The first kappa shape index (κ1) is 10.1. The molecule has 1 saturated carbocycles. The second-order valence-corrected chi connectivity index (χ2v) is 4.60. The second-order valence-electron chi connectivity index (χ2n) is 4.60. The van der Waals surface area contributed by atoms with Crippen LogP contribution in [0.3, 0.4) is 0 Å². The molecule has 88 valence electrons. The summed E-state index contributed by atoms with van der Waals surface area (Å²) in [5.74, 6) is -1.84. The van der Waals surface area contributed by atoms with E-state index >= 15 is 0 Å². The van der Waals surface area contributed by atoms with E-state index in [1.54, 1.807) is 19.2 Å². The lowest BCUT2D eigenvalue weighted by molar-refractivity contribution is -0.140. The average molecular weight is 233 g/mol. The monoisotopic (exact) mass is 233 g/mol. The number of anilines is 1. The number of phenols is 1. The Balaban J connectivity index is 2.21. The lowest BCUT2D eigenvalue weighted by atomic mass is 9.94. The van der Waals surface area contributed by atoms with E-state index in [4.69, 9.17) is 5.11 Å². The molecule has 1 spiro atoms. The number of para-hydroxylation sites is 1. The van der Waals surface area contributed by atoms with Crippen LogP contribution in [0.25, 0.3) is 0 Å². The van der Waals surface area contributed by atoms with Gasteiger partial charge in [-0.3, -0.25) is 9.59 Å². The van der Waals surface area contributed by atoms with Crippen LogP contribution in [-0.4, -0.2) is 29.1 Å². The summed E-state index contributed by atoms with van der Waals surface area (Å²) in [5.41, 5.74) is 0.146. The van der Waals surface area contributed by atoms with Gasteiger partial charge in [-0.2, -0.15) is 0 Å². The number of carboxylic acid groups (broad SMARTS) is 1. The summed E-state index contributed by atoms with van der Waals surface area (Å²) in [5, 5.41) is 18.8. The lowest BCUT2D eigenvalue weighted by Gasteiger charge is -2.11. The van der Waals surface area contributed by atoms with E-state index in [-0.39, 0.29) is 11.7 Å². The predicted octanol–water partition coefficient (Wildman–Crippen LogP) is 0.711. The van der Waals surface area contributed by atoms with Crippen molar-refractivity contribution in [3.8, 4) is 5.75 Å². The first-order valence-corrected chi connectivity index (χ1v) is 5.33. The molecule has 1 amide bonds. The fourth-order valence-corrected chi connectivity index (χ4v) is 2.85. The number of hydrogen-bond donors (Lipinski definition) is 2. The maximum atomic E-state index is 12.2. The molecule has 2 unspecified atom stereocenters. The van der Waals surface area contributed by atoms with Gasteiger partial charge in [-0.15, -0.1) is 0 Å². The molecule has 17 heavy (non-hydrogen) atoms. The number of carboxylic acids is 1. The molecule has 0 bridgehead atoms. The number of rotatable bonds is 1. The normalized spacial score (nSPS) is 29.6. The number of likely N-dealkylation sites (N-methyl/N-ethyl adjacent to an activating group) is 1. The SMILES string of the molecule is CN1C(=O)C2(CC2C(=O)O)c2cccc(O)c21. The van der Waals surface area contributed by atoms with E-state index in [0.29, 0.717) is 17.7 Å². The van der Waals surface area contributed by atoms with Crippen molar-refractivity contribution in [1.82, 2.24) is 0 Å². The summed E-state index contributed by atoms with van der Waals surface area (Å²) in [7, 11) is 1.56. The number of benzene rings is 1. The molecule has 1 aromatic rings. The molecular weight excluding hydrogens is 222 g/mol. The summed E-state index contributed by atoms with van der Waals surface area (Å²) in [4.78, 5) is 24.6. The van der Waals surface area contributed by atoms with E-state index in [1.165, 1.54) is 11.0 Å². The average Bonchev–Trinajstić information content (AvgIpc) is 2.99. The number of amides is 1. The van der Waals surface area contributed by atoms with Gasteiger partial charge < -0.3 is 15.1 Å². The fourth-order valence-electron chi connectivity index (χ4n) is 2.85. The summed E-state index contributed by atoms with van der Waals surface area (Å²) >= 11 is 0. The van der Waals surface area contributed by atoms with Gasteiger partial charge in [0.2, 0.25) is 5.91 Å². The molecular formula is C12H11NO4. The summed E-state index contributed by atoms with van der Waals surface area (Å²) < 4.78 is 0. The maximum absolute atomic E-state index is 12.2. The highest BCUT2D eigenvalue weighted by Gasteiger charge is 2.69. The molecule has 1 aliphatic carbocycles. The molecule has 5 nitrogen and oxygen atoms in total. The maximum Gasteiger partial charge on any atom is 0.307 e. The van der Waals surface area contributed by atoms with Gasteiger partial charge in [0.1, 0.15) is 5.75 Å². The van der Waals surface area contributed by atoms with Crippen molar-refractivity contribution in [3.63, 3.8) is 0 Å². The summed E-state index contributed by atoms with van der Waals surface area (Å²) in [6, 6.07) is 4.86. The Morgan fingerprint density at radius 3 is 2.82 bits per heavy atom. The standard InChI is InChI=1S/C12H11NO4/c1-13-9-6(3-2-4-8(9)14)12(11(13)17)5-7(12)10(15)16/h2-4,7,14H,5H2,1H3,(H,15,16).